The maximum Gasteiger partial charge on any atom is 0.394 e. The summed E-state index contributed by atoms with van der Waals surface area (Å²) in [4.78, 5) is 18.5. The van der Waals surface area contributed by atoms with Crippen LogP contribution >= 0.6 is 9.90 Å². The summed E-state index contributed by atoms with van der Waals surface area (Å²) < 4.78 is 0. The van der Waals surface area contributed by atoms with E-state index in [0.717, 1.165) is 0 Å². The molecule has 0 aromatic rings. The normalized spacial score (nSPS) is 6.29. The molecule has 0 saturated carbocycles. The molecule has 0 aromatic heterocycles. The lowest BCUT2D eigenvalue weighted by Gasteiger charge is -1.74. The smallest absolute Gasteiger partial charge is 0.394 e. The van der Waals surface area contributed by atoms with Gasteiger partial charge in [-0.15, -0.1) is 0 Å². The predicted octanol–water partition coefficient (Wildman–Crippen LogP) is -1.39. The van der Waals surface area contributed by atoms with Crippen LogP contribution in [0.2, 0.25) is 0 Å². The summed E-state index contributed by atoms with van der Waals surface area (Å²) in [5.74, 6) is -2.93. The summed E-state index contributed by atoms with van der Waals surface area (Å²) in [5.41, 5.74) is 4.20. The van der Waals surface area contributed by atoms with Gasteiger partial charge in [-0.1, -0.05) is 0 Å². The van der Waals surface area contributed by atoms with Crippen LogP contribution in [0.4, 0.5) is 0 Å². The Kier molecular flexibility index (Phi) is 4.89. The highest BCUT2D eigenvalue weighted by Crippen LogP contribution is 1.51. The number of hydrogen-bond donors (Lipinski definition) is 2. The summed E-state index contributed by atoms with van der Waals surface area (Å²) in [5, 5.41) is 7.52. The quantitative estimate of drug-likeness (QED) is 0.307. The van der Waals surface area contributed by atoms with Gasteiger partial charge in [0.2, 0.25) is 0 Å². The van der Waals surface area contributed by atoms with Gasteiger partial charge >= 0.3 is 11.9 Å². The summed E-state index contributed by atoms with van der Waals surface area (Å²) in [7, 11) is 0. The molecule has 0 spiro atoms. The van der Waals surface area contributed by atoms with Crippen molar-refractivity contribution >= 4 is 21.8 Å². The van der Waals surface area contributed by atoms with Crippen LogP contribution in [0, 0.1) is 0 Å². The first kappa shape index (κ1) is 9.62. The van der Waals surface area contributed by atoms with Crippen molar-refractivity contribution in [1.29, 1.82) is 0 Å². The number of aliphatic carboxylic acids is 1. The molecule has 4 nitrogen and oxygen atoms in total. The highest BCUT2D eigenvalue weighted by atomic mass is 31.0. The molecule has 7 heavy (non-hydrogen) atoms. The predicted molar refractivity (Wildman–Crippen MR) is 27.9 cm³/mol. The third-order valence-corrected chi connectivity index (χ3v) is 0.211. The Labute approximate surface area is 43.3 Å². The fourth-order valence-corrected chi connectivity index (χ4v) is 0. The van der Waals surface area contributed by atoms with Gasteiger partial charge in [-0.3, -0.25) is 4.79 Å². The van der Waals surface area contributed by atoms with E-state index in [1.807, 2.05) is 0 Å². The van der Waals surface area contributed by atoms with E-state index in [0.29, 0.717) is 0 Å². The standard InChI is InChI=1S/C2H3NO3.H3P/c3-1(4)2(5)6;/h(H2,3,4)(H,5,6);1H3. The average molecular weight is 123 g/mol. The minimum atomic E-state index is -1.60. The van der Waals surface area contributed by atoms with Crippen LogP contribution < -0.4 is 5.73 Å². The van der Waals surface area contributed by atoms with Gasteiger partial charge in [0.25, 0.3) is 0 Å². The van der Waals surface area contributed by atoms with E-state index in [1.165, 1.54) is 0 Å². The third kappa shape index (κ3) is 5.37. The molecule has 1 atom stereocenters. The first-order chi connectivity index (χ1) is 2.64. The minimum absolute atomic E-state index is 0. The molecule has 0 bridgehead atoms. The molecule has 5 heteroatoms. The fraction of sp³-hybridized carbons (Fsp3) is 0. The maximum absolute atomic E-state index is 9.32. The largest absolute Gasteiger partial charge is 0.474 e. The van der Waals surface area contributed by atoms with Crippen molar-refractivity contribution in [2.24, 2.45) is 5.73 Å². The van der Waals surface area contributed by atoms with Gasteiger partial charge in [-0.05, 0) is 0 Å². The number of amides is 1. The van der Waals surface area contributed by atoms with Crippen molar-refractivity contribution in [3.8, 4) is 0 Å². The molecular weight excluding hydrogens is 117 g/mol. The van der Waals surface area contributed by atoms with Crippen molar-refractivity contribution in [3.05, 3.63) is 0 Å². The molecule has 0 radical (unpaired) electrons. The summed E-state index contributed by atoms with van der Waals surface area (Å²) in [6, 6.07) is 0. The van der Waals surface area contributed by atoms with Gasteiger partial charge in [-0.25, -0.2) is 4.79 Å². The van der Waals surface area contributed by atoms with Crippen molar-refractivity contribution in [3.63, 3.8) is 0 Å². The lowest BCUT2D eigenvalue weighted by atomic mass is 10.7. The molecule has 0 saturated heterocycles. The second-order valence-corrected chi connectivity index (χ2v) is 0.669. The minimum Gasteiger partial charge on any atom is -0.474 e. The van der Waals surface area contributed by atoms with Crippen molar-refractivity contribution in [2.75, 3.05) is 0 Å². The molecule has 0 rings (SSSR count). The molecule has 1 amide bonds. The van der Waals surface area contributed by atoms with E-state index in [4.69, 9.17) is 5.11 Å². The lowest BCUT2D eigenvalue weighted by molar-refractivity contribution is -0.148. The number of primary amides is 1. The number of carbonyl (C=O) groups is 2. The van der Waals surface area contributed by atoms with Crippen LogP contribution in [-0.4, -0.2) is 17.0 Å². The van der Waals surface area contributed by atoms with Crippen LogP contribution in [-0.2, 0) is 9.59 Å². The highest BCUT2D eigenvalue weighted by molar-refractivity contribution is 6.92. The fourth-order valence-electron chi connectivity index (χ4n) is 0. The first-order valence-corrected chi connectivity index (χ1v) is 1.17. The molecule has 0 aliphatic heterocycles. The van der Waals surface area contributed by atoms with Crippen molar-refractivity contribution in [1.82, 2.24) is 0 Å². The van der Waals surface area contributed by atoms with Gasteiger partial charge in [0.1, 0.15) is 0 Å². The van der Waals surface area contributed by atoms with Crippen LogP contribution in [0.3, 0.4) is 0 Å². The van der Waals surface area contributed by atoms with Crippen molar-refractivity contribution < 1.29 is 14.7 Å². The van der Waals surface area contributed by atoms with E-state index >= 15 is 0 Å². The summed E-state index contributed by atoms with van der Waals surface area (Å²) >= 11 is 0. The monoisotopic (exact) mass is 123 g/mol. The van der Waals surface area contributed by atoms with Gasteiger partial charge in [0.15, 0.2) is 0 Å². The van der Waals surface area contributed by atoms with E-state index < -0.39 is 11.9 Å². The van der Waals surface area contributed by atoms with Gasteiger partial charge in [-0.2, -0.15) is 9.90 Å². The van der Waals surface area contributed by atoms with Crippen LogP contribution in [0.1, 0.15) is 0 Å². The molecule has 0 heterocycles. The Balaban J connectivity index is 0. The topological polar surface area (TPSA) is 80.4 Å². The second kappa shape index (κ2) is 3.56. The third-order valence-electron chi connectivity index (χ3n) is 0.211. The number of hydrogen-bond acceptors (Lipinski definition) is 2. The molecule has 3 N–H and O–H groups in total. The molecule has 1 unspecified atom stereocenters. The second-order valence-electron chi connectivity index (χ2n) is 0.669. The number of carboxylic acid groups (broad SMARTS) is 1. The zero-order chi connectivity index (χ0) is 5.15. The molecule has 0 aromatic carbocycles. The van der Waals surface area contributed by atoms with E-state index in [1.54, 1.807) is 0 Å². The molecule has 0 aliphatic carbocycles. The zero-order valence-electron chi connectivity index (χ0n) is 3.55. The lowest BCUT2D eigenvalue weighted by Crippen LogP contribution is -2.21. The van der Waals surface area contributed by atoms with Gasteiger partial charge < -0.3 is 10.8 Å². The van der Waals surface area contributed by atoms with Gasteiger partial charge in [0, 0.05) is 0 Å². The highest BCUT2D eigenvalue weighted by Gasteiger charge is 2.00. The number of rotatable bonds is 0. The Hall–Kier alpha value is -0.630. The summed E-state index contributed by atoms with van der Waals surface area (Å²) in [6.07, 6.45) is 0. The van der Waals surface area contributed by atoms with Gasteiger partial charge in [0.05, 0.1) is 0 Å². The zero-order valence-corrected chi connectivity index (χ0v) is 4.96. The molecule has 42 valence electrons. The maximum atomic E-state index is 9.32. The first-order valence-electron chi connectivity index (χ1n) is 1.17. The average Bonchev–Trinajstić information content (AvgIpc) is 1.36. The van der Waals surface area contributed by atoms with Crippen LogP contribution in [0.5, 0.6) is 0 Å². The number of carboxylic acids is 1. The Morgan fingerprint density at radius 1 is 1.43 bits per heavy atom. The number of carbonyl (C=O) groups excluding carboxylic acids is 1. The Bertz CT molecular complexity index is 78.9. The van der Waals surface area contributed by atoms with E-state index in [9.17, 15) is 9.59 Å². The molecule has 0 fully saturated rings. The number of nitrogens with two attached hydrogens (primary N) is 1. The van der Waals surface area contributed by atoms with E-state index in [2.05, 4.69) is 5.73 Å². The van der Waals surface area contributed by atoms with Crippen LogP contribution in [0.25, 0.3) is 0 Å². The van der Waals surface area contributed by atoms with Crippen molar-refractivity contribution in [2.45, 2.75) is 0 Å². The van der Waals surface area contributed by atoms with E-state index in [-0.39, 0.29) is 9.90 Å². The Morgan fingerprint density at radius 2 is 1.57 bits per heavy atom. The molecular formula is C2H6NO3P. The van der Waals surface area contributed by atoms with Crippen LogP contribution in [0.15, 0.2) is 0 Å². The SMILES string of the molecule is NC(=O)C(=O)O.P. The molecule has 0 aliphatic rings. The summed E-state index contributed by atoms with van der Waals surface area (Å²) in [6.45, 7) is 0. The Morgan fingerprint density at radius 3 is 1.57 bits per heavy atom.